The molecule has 188 valence electrons. The average Bonchev–Trinajstić information content (AvgIpc) is 2.85. The second-order valence-corrected chi connectivity index (χ2v) is 12.4. The Kier molecular flexibility index (Phi) is 9.49. The molecule has 0 spiro atoms. The molecule has 2 aromatic carbocycles. The zero-order valence-electron chi connectivity index (χ0n) is 18.7. The van der Waals surface area contributed by atoms with Crippen molar-refractivity contribution in [2.24, 2.45) is 5.92 Å². The van der Waals surface area contributed by atoms with E-state index in [2.05, 4.69) is 9.46 Å². The van der Waals surface area contributed by atoms with Crippen molar-refractivity contribution in [1.82, 2.24) is 4.31 Å². The monoisotopic (exact) mass is 537 g/mol. The van der Waals surface area contributed by atoms with E-state index in [4.69, 9.17) is 16.3 Å². The third kappa shape index (κ3) is 6.56. The number of hydrogen-bond acceptors (Lipinski definition) is 6. The van der Waals surface area contributed by atoms with E-state index in [-0.39, 0.29) is 33.7 Å². The number of nitrogens with zero attached hydrogens (tertiary/aromatic N) is 1. The van der Waals surface area contributed by atoms with E-state index in [1.165, 1.54) is 29.6 Å². The minimum atomic E-state index is -4.61. The maximum atomic E-state index is 13.7. The standard InChI is InChI=1S/C22H27ClF2NO6PS/c1-30-21-9-5-6-10-22(21)34(28,29)26(14-17-7-3-2-4-8-17)15-18-11-12-19(20(23)13-18)16-33(27,31-24)32-25/h5-6,9-13,17H,2-4,7-8,14-16H2,1H3. The predicted molar refractivity (Wildman–Crippen MR) is 124 cm³/mol. The average molecular weight is 538 g/mol. The van der Waals surface area contributed by atoms with Crippen LogP contribution in [0.2, 0.25) is 5.02 Å². The van der Waals surface area contributed by atoms with Crippen LogP contribution in [0.25, 0.3) is 0 Å². The Balaban J connectivity index is 1.91. The van der Waals surface area contributed by atoms with Crippen molar-refractivity contribution in [1.29, 1.82) is 0 Å². The number of halogens is 3. The fourth-order valence-electron chi connectivity index (χ4n) is 4.17. The highest BCUT2D eigenvalue weighted by Gasteiger charge is 2.32. The van der Waals surface area contributed by atoms with Gasteiger partial charge in [-0.25, -0.2) is 8.42 Å². The van der Waals surface area contributed by atoms with Crippen molar-refractivity contribution in [3.05, 3.63) is 58.6 Å². The summed E-state index contributed by atoms with van der Waals surface area (Å²) in [6.45, 7) is 0.355. The maximum absolute atomic E-state index is 13.7. The molecule has 0 N–H and O–H groups in total. The summed E-state index contributed by atoms with van der Waals surface area (Å²) in [5.74, 6) is 0.472. The molecule has 3 rings (SSSR count). The summed E-state index contributed by atoms with van der Waals surface area (Å²) in [6.07, 6.45) is 4.42. The van der Waals surface area contributed by atoms with E-state index < -0.39 is 23.8 Å². The van der Waals surface area contributed by atoms with Gasteiger partial charge in [0.1, 0.15) is 10.6 Å². The van der Waals surface area contributed by atoms with Crippen LogP contribution < -0.4 is 4.74 Å². The van der Waals surface area contributed by atoms with Crippen LogP contribution in [0, 0.1) is 5.92 Å². The Labute approximate surface area is 203 Å². The molecule has 0 heterocycles. The Morgan fingerprint density at radius 1 is 1.09 bits per heavy atom. The van der Waals surface area contributed by atoms with E-state index in [1.807, 2.05) is 0 Å². The van der Waals surface area contributed by atoms with Gasteiger partial charge in [-0.3, -0.25) is 4.57 Å². The summed E-state index contributed by atoms with van der Waals surface area (Å²) in [5.41, 5.74) is 0.690. The minimum Gasteiger partial charge on any atom is -0.495 e. The molecule has 0 atom stereocenters. The van der Waals surface area contributed by atoms with Crippen LogP contribution in [-0.4, -0.2) is 26.4 Å². The Bertz CT molecular complexity index is 1120. The Morgan fingerprint density at radius 2 is 1.76 bits per heavy atom. The molecule has 0 bridgehead atoms. The summed E-state index contributed by atoms with van der Waals surface area (Å²) in [7, 11) is -7.11. The summed E-state index contributed by atoms with van der Waals surface area (Å²) >= 11 is 6.24. The first-order valence-corrected chi connectivity index (χ1v) is 14.4. The van der Waals surface area contributed by atoms with Crippen molar-refractivity contribution < 1.29 is 36.2 Å². The van der Waals surface area contributed by atoms with Crippen molar-refractivity contribution >= 4 is 29.2 Å². The van der Waals surface area contributed by atoms with Gasteiger partial charge in [0.05, 0.1) is 13.3 Å². The third-order valence-corrected chi connectivity index (χ3v) is 9.28. The molecule has 7 nitrogen and oxygen atoms in total. The molecule has 1 fully saturated rings. The van der Waals surface area contributed by atoms with Gasteiger partial charge in [0.25, 0.3) is 0 Å². The van der Waals surface area contributed by atoms with E-state index >= 15 is 0 Å². The quantitative estimate of drug-likeness (QED) is 0.300. The van der Waals surface area contributed by atoms with Gasteiger partial charge in [-0.1, -0.05) is 55.1 Å². The molecule has 2 aromatic rings. The fourth-order valence-corrected chi connectivity index (χ4v) is 7.00. The van der Waals surface area contributed by atoms with Crippen LogP contribution >= 0.6 is 19.2 Å². The van der Waals surface area contributed by atoms with E-state index in [0.29, 0.717) is 12.1 Å². The highest BCUT2D eigenvalue weighted by atomic mass is 35.5. The number of sulfonamides is 1. The van der Waals surface area contributed by atoms with Crippen LogP contribution in [0.1, 0.15) is 43.2 Å². The number of ether oxygens (including phenoxy) is 1. The second kappa shape index (κ2) is 11.9. The van der Waals surface area contributed by atoms with Crippen LogP contribution in [0.3, 0.4) is 0 Å². The number of para-hydroxylation sites is 1. The Hall–Kier alpha value is -1.55. The van der Waals surface area contributed by atoms with Gasteiger partial charge in [0, 0.05) is 18.1 Å². The zero-order valence-corrected chi connectivity index (χ0v) is 21.1. The molecule has 0 saturated heterocycles. The predicted octanol–water partition coefficient (Wildman–Crippen LogP) is 6.62. The molecule has 12 heteroatoms. The number of benzene rings is 2. The van der Waals surface area contributed by atoms with Crippen molar-refractivity contribution in [2.75, 3.05) is 13.7 Å². The molecule has 0 unspecified atom stereocenters. The van der Waals surface area contributed by atoms with Gasteiger partial charge in [0.15, 0.2) is 0 Å². The van der Waals surface area contributed by atoms with E-state index in [0.717, 1.165) is 32.1 Å². The van der Waals surface area contributed by atoms with Gasteiger partial charge in [-0.05, 0) is 57.1 Å². The topological polar surface area (TPSA) is 82.1 Å². The summed E-state index contributed by atoms with van der Waals surface area (Å²) in [6, 6.07) is 10.9. The molecule has 0 radical (unpaired) electrons. The normalized spacial score (nSPS) is 15.6. The van der Waals surface area contributed by atoms with Gasteiger partial charge < -0.3 is 4.74 Å². The molecule has 0 amide bonds. The van der Waals surface area contributed by atoms with Crippen molar-refractivity contribution in [2.45, 2.75) is 49.7 Å². The zero-order chi connectivity index (χ0) is 24.8. The first kappa shape index (κ1) is 27.0. The lowest BCUT2D eigenvalue weighted by atomic mass is 9.89. The first-order chi connectivity index (χ1) is 16.2. The summed E-state index contributed by atoms with van der Waals surface area (Å²) in [5, 5.41) is 0.0548. The fraction of sp³-hybridized carbons (Fsp3) is 0.455. The SMILES string of the molecule is COc1ccccc1S(=O)(=O)N(Cc1ccc(CP(=O)(OF)OF)c(Cl)c1)CC1CCCCC1. The maximum Gasteiger partial charge on any atom is 0.399 e. The van der Waals surface area contributed by atoms with E-state index in [9.17, 15) is 22.0 Å². The van der Waals surface area contributed by atoms with Crippen molar-refractivity contribution in [3.8, 4) is 5.75 Å². The molecule has 1 aliphatic carbocycles. The number of rotatable bonds is 11. The highest BCUT2D eigenvalue weighted by molar-refractivity contribution is 7.89. The minimum absolute atomic E-state index is 0.0216. The van der Waals surface area contributed by atoms with Gasteiger partial charge in [-0.2, -0.15) is 4.31 Å². The largest absolute Gasteiger partial charge is 0.495 e. The lowest BCUT2D eigenvalue weighted by Crippen LogP contribution is -2.35. The first-order valence-electron chi connectivity index (χ1n) is 10.8. The van der Waals surface area contributed by atoms with E-state index in [1.54, 1.807) is 24.3 Å². The van der Waals surface area contributed by atoms with Crippen LogP contribution in [0.5, 0.6) is 5.75 Å². The lowest BCUT2D eigenvalue weighted by Gasteiger charge is -2.30. The molecule has 34 heavy (non-hydrogen) atoms. The van der Waals surface area contributed by atoms with Crippen LogP contribution in [0.15, 0.2) is 47.4 Å². The van der Waals surface area contributed by atoms with Gasteiger partial charge in [0.2, 0.25) is 10.0 Å². The molecule has 1 aliphatic rings. The number of hydrogen-bond donors (Lipinski definition) is 0. The van der Waals surface area contributed by atoms with Crippen molar-refractivity contribution in [3.63, 3.8) is 0 Å². The lowest BCUT2D eigenvalue weighted by molar-refractivity contribution is -0.0881. The molecular formula is C22H27ClF2NO6PS. The highest BCUT2D eigenvalue weighted by Crippen LogP contribution is 2.53. The summed E-state index contributed by atoms with van der Waals surface area (Å²) < 4.78 is 76.9. The van der Waals surface area contributed by atoms with Crippen LogP contribution in [-0.2, 0) is 36.8 Å². The molecule has 1 saturated carbocycles. The van der Waals surface area contributed by atoms with Crippen LogP contribution in [0.4, 0.5) is 9.05 Å². The second-order valence-electron chi connectivity index (χ2n) is 8.29. The van der Waals surface area contributed by atoms with Gasteiger partial charge in [-0.15, -0.1) is 9.46 Å². The molecular weight excluding hydrogens is 511 g/mol. The Morgan fingerprint density at radius 3 is 2.38 bits per heavy atom. The smallest absolute Gasteiger partial charge is 0.399 e. The molecule has 0 aromatic heterocycles. The summed E-state index contributed by atoms with van der Waals surface area (Å²) in [4.78, 5) is 0.0668. The van der Waals surface area contributed by atoms with Gasteiger partial charge >= 0.3 is 7.60 Å². The third-order valence-electron chi connectivity index (χ3n) is 5.92. The number of methoxy groups -OCH3 is 1. The molecule has 0 aliphatic heterocycles.